The maximum absolute atomic E-state index is 13.3. The predicted molar refractivity (Wildman–Crippen MR) is 137 cm³/mol. The van der Waals surface area contributed by atoms with Crippen LogP contribution in [0.1, 0.15) is 56.8 Å². The van der Waals surface area contributed by atoms with E-state index in [0.29, 0.717) is 22.4 Å². The molecule has 190 valence electrons. The molecule has 8 nitrogen and oxygen atoms in total. The van der Waals surface area contributed by atoms with Crippen LogP contribution in [0.15, 0.2) is 52.3 Å². The van der Waals surface area contributed by atoms with Crippen LogP contribution in [0.4, 0.5) is 11.4 Å². The molecule has 2 N–H and O–H groups in total. The number of carbonyl (C=O) groups is 1. The Morgan fingerprint density at radius 3 is 2.17 bits per heavy atom. The van der Waals surface area contributed by atoms with Crippen LogP contribution < -0.4 is 14.9 Å². The van der Waals surface area contributed by atoms with Crippen molar-refractivity contribution in [1.82, 2.24) is 4.72 Å². The van der Waals surface area contributed by atoms with Crippen molar-refractivity contribution in [3.05, 3.63) is 48.0 Å². The first-order valence-electron chi connectivity index (χ1n) is 11.5. The number of rotatable bonds is 6. The summed E-state index contributed by atoms with van der Waals surface area (Å²) >= 11 is 0. The van der Waals surface area contributed by atoms with Crippen LogP contribution in [0.2, 0.25) is 0 Å². The molecule has 4 rings (SSSR count). The van der Waals surface area contributed by atoms with Crippen molar-refractivity contribution in [1.29, 1.82) is 0 Å². The Kier molecular flexibility index (Phi) is 6.72. The number of nitrogens with one attached hydrogen (secondary N) is 2. The van der Waals surface area contributed by atoms with Crippen molar-refractivity contribution in [2.45, 2.75) is 61.8 Å². The van der Waals surface area contributed by atoms with Gasteiger partial charge in [0.1, 0.15) is 0 Å². The van der Waals surface area contributed by atoms with Crippen LogP contribution >= 0.6 is 10.7 Å². The summed E-state index contributed by atoms with van der Waals surface area (Å²) in [6.07, 6.45) is 4.42. The zero-order valence-electron chi connectivity index (χ0n) is 20.0. The maximum atomic E-state index is 13.3. The van der Waals surface area contributed by atoms with Crippen molar-refractivity contribution in [2.24, 2.45) is 5.41 Å². The fraction of sp³-hybridized carbons (Fsp3) is 0.458. The lowest BCUT2D eigenvalue weighted by molar-refractivity contribution is 0.102. The Balaban J connectivity index is 1.62. The second kappa shape index (κ2) is 9.06. The van der Waals surface area contributed by atoms with E-state index < -0.39 is 30.5 Å². The van der Waals surface area contributed by atoms with E-state index in [9.17, 15) is 21.6 Å². The molecule has 2 aliphatic rings. The number of sulfonamides is 1. The average molecular weight is 540 g/mol. The van der Waals surface area contributed by atoms with E-state index in [0.717, 1.165) is 25.9 Å². The number of hydrogen-bond acceptors (Lipinski definition) is 6. The number of anilines is 2. The summed E-state index contributed by atoms with van der Waals surface area (Å²) in [5.41, 5.74) is 0.842. The second-order valence-corrected chi connectivity index (χ2v) is 14.7. The number of carbonyl (C=O) groups excluding carboxylic acids is 1. The van der Waals surface area contributed by atoms with Gasteiger partial charge in [-0.1, -0.05) is 6.07 Å². The first kappa shape index (κ1) is 25.9. The molecule has 1 saturated heterocycles. The summed E-state index contributed by atoms with van der Waals surface area (Å²) in [7, 11) is -2.17. The van der Waals surface area contributed by atoms with E-state index in [4.69, 9.17) is 10.7 Å². The smallest absolute Gasteiger partial charge is 0.261 e. The third-order valence-electron chi connectivity index (χ3n) is 6.46. The van der Waals surface area contributed by atoms with E-state index in [-0.39, 0.29) is 9.79 Å². The highest BCUT2D eigenvalue weighted by Gasteiger charge is 2.44. The van der Waals surface area contributed by atoms with Gasteiger partial charge in [0, 0.05) is 35.0 Å². The van der Waals surface area contributed by atoms with Gasteiger partial charge in [-0.25, -0.2) is 21.6 Å². The van der Waals surface area contributed by atoms with Crippen LogP contribution in [0, 0.1) is 5.41 Å². The minimum atomic E-state index is -3.97. The molecule has 0 unspecified atom stereocenters. The van der Waals surface area contributed by atoms with Gasteiger partial charge in [-0.15, -0.1) is 0 Å². The van der Waals surface area contributed by atoms with E-state index in [2.05, 4.69) is 10.0 Å². The summed E-state index contributed by atoms with van der Waals surface area (Å²) < 4.78 is 51.9. The average Bonchev–Trinajstić information content (AvgIpc) is 3.50. The minimum Gasteiger partial charge on any atom is -0.371 e. The molecule has 0 radical (unpaired) electrons. The molecule has 1 heterocycles. The highest BCUT2D eigenvalue weighted by atomic mass is 35.7. The Morgan fingerprint density at radius 1 is 0.943 bits per heavy atom. The summed E-state index contributed by atoms with van der Waals surface area (Å²) in [5, 5.41) is 2.76. The Morgan fingerprint density at radius 2 is 1.60 bits per heavy atom. The first-order chi connectivity index (χ1) is 16.2. The largest absolute Gasteiger partial charge is 0.371 e. The topological polar surface area (TPSA) is 113 Å². The summed E-state index contributed by atoms with van der Waals surface area (Å²) in [6, 6.07) is 10.2. The summed E-state index contributed by atoms with van der Waals surface area (Å²) in [4.78, 5) is 15.3. The molecule has 2 aromatic rings. The van der Waals surface area contributed by atoms with Crippen LogP contribution in [-0.2, 0) is 19.1 Å². The standard InChI is InChI=1S/C24H30ClN3O5S2/c1-23(2,3)27-35(32,33)19-6-4-5-17(15-19)26-22(29)20-8-7-18(34(25,30)31)16-21(20)28-13-11-24(9-10-24)12-14-28/h4-8,15-16,27H,9-14H2,1-3H3,(H,26,29). The van der Waals surface area contributed by atoms with Crippen molar-refractivity contribution < 1.29 is 21.6 Å². The van der Waals surface area contributed by atoms with Crippen molar-refractivity contribution in [3.8, 4) is 0 Å². The zero-order valence-corrected chi connectivity index (χ0v) is 22.4. The van der Waals surface area contributed by atoms with E-state index in [1.54, 1.807) is 32.9 Å². The molecule has 1 saturated carbocycles. The monoisotopic (exact) mass is 539 g/mol. The highest BCUT2D eigenvalue weighted by Crippen LogP contribution is 2.54. The number of amides is 1. The molecule has 1 spiro atoms. The van der Waals surface area contributed by atoms with Gasteiger partial charge < -0.3 is 10.2 Å². The van der Waals surface area contributed by atoms with Crippen LogP contribution in [0.5, 0.6) is 0 Å². The fourth-order valence-corrected chi connectivity index (χ4v) is 6.65. The van der Waals surface area contributed by atoms with Crippen molar-refractivity contribution >= 4 is 47.0 Å². The number of hydrogen-bond donors (Lipinski definition) is 2. The van der Waals surface area contributed by atoms with Crippen molar-refractivity contribution in [2.75, 3.05) is 23.3 Å². The lowest BCUT2D eigenvalue weighted by Gasteiger charge is -2.35. The molecule has 2 aromatic carbocycles. The highest BCUT2D eigenvalue weighted by molar-refractivity contribution is 8.13. The summed E-state index contributed by atoms with van der Waals surface area (Å²) in [5.74, 6) is -0.469. The van der Waals surface area contributed by atoms with Gasteiger partial charge in [0.2, 0.25) is 10.0 Å². The lowest BCUT2D eigenvalue weighted by atomic mass is 9.93. The quantitative estimate of drug-likeness (QED) is 0.528. The molecule has 0 bridgehead atoms. The van der Waals surface area contributed by atoms with Gasteiger partial charge in [-0.2, -0.15) is 0 Å². The predicted octanol–water partition coefficient (Wildman–Crippen LogP) is 4.32. The van der Waals surface area contributed by atoms with Gasteiger partial charge in [-0.3, -0.25) is 4.79 Å². The van der Waals surface area contributed by atoms with Gasteiger partial charge in [0.25, 0.3) is 15.0 Å². The second-order valence-electron chi connectivity index (χ2n) is 10.4. The van der Waals surface area contributed by atoms with Gasteiger partial charge in [0.05, 0.1) is 21.0 Å². The molecule has 0 atom stereocenters. The molecule has 11 heteroatoms. The molecular formula is C24H30ClN3O5S2. The maximum Gasteiger partial charge on any atom is 0.261 e. The molecule has 1 aliphatic carbocycles. The van der Waals surface area contributed by atoms with Crippen LogP contribution in [0.3, 0.4) is 0 Å². The normalized spacial score (nSPS) is 17.9. The minimum absolute atomic E-state index is 0.0276. The first-order valence-corrected chi connectivity index (χ1v) is 15.3. The van der Waals surface area contributed by atoms with Crippen LogP contribution in [0.25, 0.3) is 0 Å². The third-order valence-corrected chi connectivity index (χ3v) is 9.57. The lowest BCUT2D eigenvalue weighted by Crippen LogP contribution is -2.40. The van der Waals surface area contributed by atoms with E-state index in [1.807, 2.05) is 4.90 Å². The van der Waals surface area contributed by atoms with Gasteiger partial charge in [-0.05, 0) is 88.3 Å². The Labute approximate surface area is 211 Å². The van der Waals surface area contributed by atoms with Crippen molar-refractivity contribution in [3.63, 3.8) is 0 Å². The molecule has 2 fully saturated rings. The summed E-state index contributed by atoms with van der Waals surface area (Å²) in [6.45, 7) is 6.67. The third kappa shape index (κ3) is 6.17. The Bertz CT molecular complexity index is 1350. The molecule has 1 aliphatic heterocycles. The SMILES string of the molecule is CC(C)(C)NS(=O)(=O)c1cccc(NC(=O)c2ccc(S(=O)(=O)Cl)cc2N2CCC3(CC2)CC3)c1. The Hall–Kier alpha value is -2.14. The molecule has 1 amide bonds. The number of benzene rings is 2. The molecular weight excluding hydrogens is 510 g/mol. The van der Waals surface area contributed by atoms with E-state index in [1.165, 1.54) is 43.2 Å². The zero-order chi connectivity index (χ0) is 25.6. The van der Waals surface area contributed by atoms with Gasteiger partial charge in [0.15, 0.2) is 0 Å². The number of piperidine rings is 1. The number of nitrogens with zero attached hydrogens (tertiary/aromatic N) is 1. The molecule has 35 heavy (non-hydrogen) atoms. The molecule has 0 aromatic heterocycles. The fourth-order valence-electron chi connectivity index (χ4n) is 4.42. The van der Waals surface area contributed by atoms with E-state index >= 15 is 0 Å². The number of halogens is 1. The van der Waals surface area contributed by atoms with Crippen LogP contribution in [-0.4, -0.2) is 41.4 Å². The van der Waals surface area contributed by atoms with Gasteiger partial charge >= 0.3 is 0 Å².